The second-order valence-corrected chi connectivity index (χ2v) is 5.94. The Morgan fingerprint density at radius 3 is 2.35 bits per heavy atom. The van der Waals surface area contributed by atoms with Crippen LogP contribution in [-0.4, -0.2) is 59.5 Å². The van der Waals surface area contributed by atoms with Crippen molar-refractivity contribution in [3.8, 4) is 0 Å². The summed E-state index contributed by atoms with van der Waals surface area (Å²) in [5.74, 6) is -1.07. The molecule has 0 aromatic heterocycles. The van der Waals surface area contributed by atoms with Crippen LogP contribution in [0.1, 0.15) is 33.6 Å². The molecule has 7 heteroatoms. The van der Waals surface area contributed by atoms with Crippen LogP contribution in [0.5, 0.6) is 0 Å². The molecule has 0 aliphatic carbocycles. The predicted molar refractivity (Wildman–Crippen MR) is 72.4 cm³/mol. The van der Waals surface area contributed by atoms with Crippen LogP contribution in [0.25, 0.3) is 0 Å². The number of hydrogen-bond donors (Lipinski definition) is 2. The summed E-state index contributed by atoms with van der Waals surface area (Å²) in [5, 5.41) is 8.66. The van der Waals surface area contributed by atoms with E-state index in [9.17, 15) is 9.59 Å². The molecule has 1 saturated heterocycles. The summed E-state index contributed by atoms with van der Waals surface area (Å²) in [6.07, 6.45) is 0.939. The Bertz CT molecular complexity index is 345. The van der Waals surface area contributed by atoms with Gasteiger partial charge in [-0.2, -0.15) is 0 Å². The van der Waals surface area contributed by atoms with Crippen molar-refractivity contribution in [2.75, 3.05) is 19.7 Å². The lowest BCUT2D eigenvalue weighted by molar-refractivity contribution is -0.140. The lowest BCUT2D eigenvalue weighted by Crippen LogP contribution is -2.44. The maximum atomic E-state index is 11.8. The van der Waals surface area contributed by atoms with E-state index in [1.807, 2.05) is 20.8 Å². The van der Waals surface area contributed by atoms with Crippen LogP contribution in [0.3, 0.4) is 0 Å². The number of hydrogen-bond acceptors (Lipinski definition) is 5. The monoisotopic (exact) mass is 288 g/mol. The van der Waals surface area contributed by atoms with Crippen molar-refractivity contribution < 1.29 is 24.2 Å². The Labute approximate surface area is 119 Å². The molecule has 20 heavy (non-hydrogen) atoms. The number of likely N-dealkylation sites (tertiary alicyclic amines) is 1. The first kappa shape index (κ1) is 16.7. The molecule has 0 aromatic rings. The van der Waals surface area contributed by atoms with Crippen molar-refractivity contribution in [1.29, 1.82) is 0 Å². The minimum absolute atomic E-state index is 0.00750. The normalized spacial score (nSPS) is 18.7. The molecule has 116 valence electrons. The van der Waals surface area contributed by atoms with Crippen LogP contribution >= 0.6 is 0 Å². The highest BCUT2D eigenvalue weighted by Crippen LogP contribution is 2.17. The quantitative estimate of drug-likeness (QED) is 0.794. The average molecular weight is 288 g/mol. The third-order valence-electron chi connectivity index (χ3n) is 2.92. The van der Waals surface area contributed by atoms with Gasteiger partial charge >= 0.3 is 12.1 Å². The third kappa shape index (κ3) is 5.75. The number of carboxylic acids is 1. The fraction of sp³-hybridized carbons (Fsp3) is 0.846. The van der Waals surface area contributed by atoms with Crippen LogP contribution in [-0.2, 0) is 14.3 Å². The molecule has 1 rings (SSSR count). The molecule has 0 radical (unpaired) electrons. The van der Waals surface area contributed by atoms with Gasteiger partial charge in [0.05, 0.1) is 12.7 Å². The minimum Gasteiger partial charge on any atom is -0.480 e. The molecule has 1 atom stereocenters. The zero-order chi connectivity index (χ0) is 15.3. The van der Waals surface area contributed by atoms with Crippen molar-refractivity contribution >= 4 is 12.1 Å². The first-order chi connectivity index (χ1) is 9.19. The molecule has 1 aliphatic rings. The summed E-state index contributed by atoms with van der Waals surface area (Å²) in [4.78, 5) is 24.1. The van der Waals surface area contributed by atoms with E-state index in [2.05, 4.69) is 0 Å². The SMILES string of the molecule is CC(C)(C)OC(=O)N1CCC(OC[C@H](N)C(=O)O)CC1. The highest BCUT2D eigenvalue weighted by atomic mass is 16.6. The number of aliphatic carboxylic acids is 1. The molecule has 0 saturated carbocycles. The van der Waals surface area contributed by atoms with Gasteiger partial charge in [-0.15, -0.1) is 0 Å². The first-order valence-electron chi connectivity index (χ1n) is 6.77. The topological polar surface area (TPSA) is 102 Å². The minimum atomic E-state index is -1.07. The Kier molecular flexibility index (Phi) is 5.76. The molecule has 7 nitrogen and oxygen atoms in total. The van der Waals surface area contributed by atoms with Crippen LogP contribution in [0.2, 0.25) is 0 Å². The molecule has 3 N–H and O–H groups in total. The summed E-state index contributed by atoms with van der Waals surface area (Å²) < 4.78 is 10.7. The van der Waals surface area contributed by atoms with E-state index < -0.39 is 17.6 Å². The van der Waals surface area contributed by atoms with Crippen molar-refractivity contribution in [1.82, 2.24) is 4.90 Å². The number of piperidine rings is 1. The second kappa shape index (κ2) is 6.90. The Morgan fingerprint density at radius 2 is 1.90 bits per heavy atom. The van der Waals surface area contributed by atoms with E-state index in [4.69, 9.17) is 20.3 Å². The number of ether oxygens (including phenoxy) is 2. The maximum absolute atomic E-state index is 11.8. The van der Waals surface area contributed by atoms with Crippen molar-refractivity contribution in [3.63, 3.8) is 0 Å². The van der Waals surface area contributed by atoms with Crippen LogP contribution < -0.4 is 5.73 Å². The van der Waals surface area contributed by atoms with Gasteiger partial charge in [-0.3, -0.25) is 4.79 Å². The molecule has 1 amide bonds. The van der Waals surface area contributed by atoms with Crippen molar-refractivity contribution in [2.24, 2.45) is 5.73 Å². The average Bonchev–Trinajstić information content (AvgIpc) is 2.34. The summed E-state index contributed by atoms with van der Waals surface area (Å²) in [5.41, 5.74) is 4.87. The molecule has 1 aliphatic heterocycles. The zero-order valence-electron chi connectivity index (χ0n) is 12.3. The molecule has 0 bridgehead atoms. The molecule has 0 aromatic carbocycles. The van der Waals surface area contributed by atoms with Gasteiger partial charge in [-0.05, 0) is 33.6 Å². The van der Waals surface area contributed by atoms with Crippen LogP contribution in [0, 0.1) is 0 Å². The standard InChI is InChI=1S/C13H24N2O5/c1-13(2,3)20-12(18)15-6-4-9(5-7-15)19-8-10(14)11(16)17/h9-10H,4-8,14H2,1-3H3,(H,16,17)/t10-/m0/s1. The van der Waals surface area contributed by atoms with E-state index in [0.29, 0.717) is 25.9 Å². The molecule has 1 heterocycles. The zero-order valence-corrected chi connectivity index (χ0v) is 12.3. The van der Waals surface area contributed by atoms with Gasteiger partial charge in [0.25, 0.3) is 0 Å². The van der Waals surface area contributed by atoms with Gasteiger partial charge in [-0.25, -0.2) is 4.79 Å². The maximum Gasteiger partial charge on any atom is 0.410 e. The molecular formula is C13H24N2O5. The molecular weight excluding hydrogens is 264 g/mol. The lowest BCUT2D eigenvalue weighted by Gasteiger charge is -2.33. The smallest absolute Gasteiger partial charge is 0.410 e. The largest absolute Gasteiger partial charge is 0.480 e. The Balaban J connectivity index is 2.29. The highest BCUT2D eigenvalue weighted by molar-refractivity contribution is 5.73. The number of nitrogens with two attached hydrogens (primary N) is 1. The van der Waals surface area contributed by atoms with Crippen LogP contribution in [0.4, 0.5) is 4.79 Å². The number of rotatable bonds is 4. The van der Waals surface area contributed by atoms with E-state index >= 15 is 0 Å². The molecule has 0 spiro atoms. The third-order valence-corrected chi connectivity index (χ3v) is 2.92. The van der Waals surface area contributed by atoms with Gasteiger partial charge in [0.15, 0.2) is 0 Å². The molecule has 1 fully saturated rings. The van der Waals surface area contributed by atoms with Gasteiger partial charge in [0.1, 0.15) is 11.6 Å². The number of carbonyl (C=O) groups excluding carboxylic acids is 1. The Morgan fingerprint density at radius 1 is 1.35 bits per heavy atom. The fourth-order valence-corrected chi connectivity index (χ4v) is 1.84. The van der Waals surface area contributed by atoms with Gasteiger partial charge < -0.3 is 25.2 Å². The number of carboxylic acid groups (broad SMARTS) is 1. The van der Waals surface area contributed by atoms with Crippen molar-refractivity contribution in [3.05, 3.63) is 0 Å². The van der Waals surface area contributed by atoms with E-state index in [1.54, 1.807) is 4.90 Å². The summed E-state index contributed by atoms with van der Waals surface area (Å²) in [6, 6.07) is -1.00. The fourth-order valence-electron chi connectivity index (χ4n) is 1.84. The van der Waals surface area contributed by atoms with Gasteiger partial charge in [-0.1, -0.05) is 0 Å². The number of carbonyl (C=O) groups is 2. The van der Waals surface area contributed by atoms with E-state index in [1.165, 1.54) is 0 Å². The first-order valence-corrected chi connectivity index (χ1v) is 6.77. The van der Waals surface area contributed by atoms with Crippen LogP contribution in [0.15, 0.2) is 0 Å². The highest BCUT2D eigenvalue weighted by Gasteiger charge is 2.27. The number of amides is 1. The predicted octanol–water partition coefficient (Wildman–Crippen LogP) is 0.814. The van der Waals surface area contributed by atoms with Crippen molar-refractivity contribution in [2.45, 2.75) is 51.4 Å². The van der Waals surface area contributed by atoms with Gasteiger partial charge in [0.2, 0.25) is 0 Å². The summed E-state index contributed by atoms with van der Waals surface area (Å²) in [6.45, 7) is 6.56. The number of nitrogens with zero attached hydrogens (tertiary/aromatic N) is 1. The summed E-state index contributed by atoms with van der Waals surface area (Å²) >= 11 is 0. The molecule has 0 unspecified atom stereocenters. The van der Waals surface area contributed by atoms with Gasteiger partial charge in [0, 0.05) is 13.1 Å². The van der Waals surface area contributed by atoms with E-state index in [-0.39, 0.29) is 18.8 Å². The van der Waals surface area contributed by atoms with E-state index in [0.717, 1.165) is 0 Å². The summed E-state index contributed by atoms with van der Waals surface area (Å²) in [7, 11) is 0. The second-order valence-electron chi connectivity index (χ2n) is 5.94. The Hall–Kier alpha value is -1.34. The lowest BCUT2D eigenvalue weighted by atomic mass is 10.1.